The zero-order valence-electron chi connectivity index (χ0n) is 9.79. The van der Waals surface area contributed by atoms with Crippen LogP contribution in [0.4, 0.5) is 0 Å². The first kappa shape index (κ1) is 13.4. The van der Waals surface area contributed by atoms with Crippen LogP contribution in [0.25, 0.3) is 0 Å². The van der Waals surface area contributed by atoms with E-state index < -0.39 is 0 Å². The Morgan fingerprint density at radius 2 is 1.93 bits per heavy atom. The average molecular weight is 201 g/mol. The molecule has 1 amide bonds. The van der Waals surface area contributed by atoms with Gasteiger partial charge in [0.15, 0.2) is 0 Å². The zero-order chi connectivity index (χ0) is 11.1. The van der Waals surface area contributed by atoms with Crippen molar-refractivity contribution in [2.24, 2.45) is 5.73 Å². The zero-order valence-corrected chi connectivity index (χ0v) is 9.79. The summed E-state index contributed by atoms with van der Waals surface area (Å²) in [7, 11) is 3.55. The van der Waals surface area contributed by atoms with E-state index in [1.807, 2.05) is 0 Å². The lowest BCUT2D eigenvalue weighted by molar-refractivity contribution is -0.130. The van der Waals surface area contributed by atoms with Gasteiger partial charge >= 0.3 is 0 Å². The maximum absolute atomic E-state index is 11.5. The molecule has 2 N–H and O–H groups in total. The van der Waals surface area contributed by atoms with E-state index in [1.165, 1.54) is 0 Å². The molecule has 0 saturated carbocycles. The van der Waals surface area contributed by atoms with Crippen molar-refractivity contribution in [3.05, 3.63) is 0 Å². The Morgan fingerprint density at radius 3 is 2.21 bits per heavy atom. The summed E-state index contributed by atoms with van der Waals surface area (Å²) in [6.45, 7) is 6.11. The van der Waals surface area contributed by atoms with Crippen LogP contribution >= 0.6 is 0 Å². The Morgan fingerprint density at radius 1 is 1.36 bits per heavy atom. The van der Waals surface area contributed by atoms with E-state index in [9.17, 15) is 4.79 Å². The molecule has 0 aromatic carbocycles. The molecule has 1 atom stereocenters. The summed E-state index contributed by atoms with van der Waals surface area (Å²) in [6, 6.07) is 0.323. The Balaban J connectivity index is 4.20. The van der Waals surface area contributed by atoms with Crippen molar-refractivity contribution in [3.8, 4) is 0 Å². The minimum atomic E-state index is 0.138. The highest BCUT2D eigenvalue weighted by molar-refractivity contribution is 5.77. The minimum Gasteiger partial charge on any atom is -0.348 e. The molecule has 4 heteroatoms. The number of nitrogens with zero attached hydrogens (tertiary/aromatic N) is 2. The SMILES string of the molecule is CCC(CN)N(CC)CC(=O)N(C)C. The van der Waals surface area contributed by atoms with Gasteiger partial charge in [-0.2, -0.15) is 0 Å². The maximum Gasteiger partial charge on any atom is 0.236 e. The summed E-state index contributed by atoms with van der Waals surface area (Å²) < 4.78 is 0. The number of carbonyl (C=O) groups is 1. The van der Waals surface area contributed by atoms with Crippen LogP contribution in [0.5, 0.6) is 0 Å². The van der Waals surface area contributed by atoms with Crippen LogP contribution in [0.15, 0.2) is 0 Å². The van der Waals surface area contributed by atoms with Gasteiger partial charge in [0.25, 0.3) is 0 Å². The van der Waals surface area contributed by atoms with Gasteiger partial charge in [0.05, 0.1) is 6.54 Å². The predicted molar refractivity (Wildman–Crippen MR) is 59.1 cm³/mol. The van der Waals surface area contributed by atoms with Gasteiger partial charge in [-0.25, -0.2) is 0 Å². The highest BCUT2D eigenvalue weighted by Gasteiger charge is 2.17. The van der Waals surface area contributed by atoms with E-state index in [0.29, 0.717) is 19.1 Å². The highest BCUT2D eigenvalue weighted by atomic mass is 16.2. The molecule has 0 bridgehead atoms. The standard InChI is InChI=1S/C10H23N3O/c1-5-9(7-11)13(6-2)8-10(14)12(3)4/h9H,5-8,11H2,1-4H3. The van der Waals surface area contributed by atoms with E-state index in [-0.39, 0.29) is 5.91 Å². The molecule has 84 valence electrons. The summed E-state index contributed by atoms with van der Waals surface area (Å²) in [5.41, 5.74) is 5.65. The lowest BCUT2D eigenvalue weighted by atomic mass is 10.2. The van der Waals surface area contributed by atoms with Crippen molar-refractivity contribution in [2.45, 2.75) is 26.3 Å². The van der Waals surface area contributed by atoms with Crippen molar-refractivity contribution in [1.82, 2.24) is 9.80 Å². The number of amides is 1. The molecule has 0 heterocycles. The van der Waals surface area contributed by atoms with Crippen molar-refractivity contribution in [2.75, 3.05) is 33.7 Å². The average Bonchev–Trinajstić information content (AvgIpc) is 2.17. The summed E-state index contributed by atoms with van der Waals surface area (Å²) in [5.74, 6) is 0.138. The van der Waals surface area contributed by atoms with Gasteiger partial charge in [0.2, 0.25) is 5.91 Å². The quantitative estimate of drug-likeness (QED) is 0.665. The molecule has 0 aliphatic heterocycles. The number of hydrogen-bond acceptors (Lipinski definition) is 3. The summed E-state index contributed by atoms with van der Waals surface area (Å²) in [6.07, 6.45) is 0.991. The first-order valence-electron chi connectivity index (χ1n) is 5.21. The van der Waals surface area contributed by atoms with Crippen molar-refractivity contribution >= 4 is 5.91 Å². The second-order valence-electron chi connectivity index (χ2n) is 3.65. The van der Waals surface area contributed by atoms with Crippen LogP contribution in [0.1, 0.15) is 20.3 Å². The Bertz CT molecular complexity index is 167. The smallest absolute Gasteiger partial charge is 0.236 e. The van der Waals surface area contributed by atoms with Crippen molar-refractivity contribution in [3.63, 3.8) is 0 Å². The second kappa shape index (κ2) is 6.79. The van der Waals surface area contributed by atoms with E-state index in [2.05, 4.69) is 18.7 Å². The second-order valence-corrected chi connectivity index (χ2v) is 3.65. The molecule has 14 heavy (non-hydrogen) atoms. The van der Waals surface area contributed by atoms with Gasteiger partial charge in [-0.1, -0.05) is 13.8 Å². The molecule has 0 aromatic heterocycles. The summed E-state index contributed by atoms with van der Waals surface area (Å²) in [5, 5.41) is 0. The molecule has 0 fully saturated rings. The topological polar surface area (TPSA) is 49.6 Å². The van der Waals surface area contributed by atoms with Gasteiger partial charge in [0, 0.05) is 26.7 Å². The molecule has 0 aromatic rings. The van der Waals surface area contributed by atoms with Crippen LogP contribution in [0.3, 0.4) is 0 Å². The monoisotopic (exact) mass is 201 g/mol. The molecule has 0 rings (SSSR count). The lowest BCUT2D eigenvalue weighted by Crippen LogP contribution is -2.45. The fraction of sp³-hybridized carbons (Fsp3) is 0.900. The number of hydrogen-bond donors (Lipinski definition) is 1. The Labute approximate surface area is 87.0 Å². The predicted octanol–water partition coefficient (Wildman–Crippen LogP) is 0.134. The van der Waals surface area contributed by atoms with Crippen molar-refractivity contribution in [1.29, 1.82) is 0 Å². The Kier molecular flexibility index (Phi) is 6.49. The van der Waals surface area contributed by atoms with Gasteiger partial charge in [-0.05, 0) is 13.0 Å². The van der Waals surface area contributed by atoms with E-state index in [1.54, 1.807) is 19.0 Å². The molecule has 0 radical (unpaired) electrons. The van der Waals surface area contributed by atoms with Crippen LogP contribution in [-0.2, 0) is 4.79 Å². The van der Waals surface area contributed by atoms with Crippen molar-refractivity contribution < 1.29 is 4.79 Å². The fourth-order valence-corrected chi connectivity index (χ4v) is 1.39. The molecule has 1 unspecified atom stereocenters. The minimum absolute atomic E-state index is 0.138. The van der Waals surface area contributed by atoms with Crippen LogP contribution in [-0.4, -0.2) is 55.5 Å². The van der Waals surface area contributed by atoms with Gasteiger partial charge in [0.1, 0.15) is 0 Å². The lowest BCUT2D eigenvalue weighted by Gasteiger charge is -2.29. The van der Waals surface area contributed by atoms with Gasteiger partial charge in [-0.15, -0.1) is 0 Å². The normalized spacial score (nSPS) is 13.0. The third kappa shape index (κ3) is 4.07. The molecule has 0 aliphatic carbocycles. The molecule has 4 nitrogen and oxygen atoms in total. The third-order valence-corrected chi connectivity index (χ3v) is 2.50. The number of likely N-dealkylation sites (N-methyl/N-ethyl adjacent to an activating group) is 2. The molecule has 0 saturated heterocycles. The van der Waals surface area contributed by atoms with Gasteiger partial charge < -0.3 is 10.6 Å². The van der Waals surface area contributed by atoms with Gasteiger partial charge in [-0.3, -0.25) is 9.69 Å². The van der Waals surface area contributed by atoms with Crippen LogP contribution in [0.2, 0.25) is 0 Å². The number of nitrogens with two attached hydrogens (primary N) is 1. The fourth-order valence-electron chi connectivity index (χ4n) is 1.39. The summed E-state index contributed by atoms with van der Waals surface area (Å²) in [4.78, 5) is 15.2. The number of carbonyl (C=O) groups excluding carboxylic acids is 1. The Hall–Kier alpha value is -0.610. The first-order valence-corrected chi connectivity index (χ1v) is 5.21. The van der Waals surface area contributed by atoms with E-state index in [4.69, 9.17) is 5.73 Å². The third-order valence-electron chi connectivity index (χ3n) is 2.50. The largest absolute Gasteiger partial charge is 0.348 e. The van der Waals surface area contributed by atoms with E-state index in [0.717, 1.165) is 13.0 Å². The molecular formula is C10H23N3O. The highest BCUT2D eigenvalue weighted by Crippen LogP contribution is 2.02. The first-order chi connectivity index (χ1) is 6.56. The maximum atomic E-state index is 11.5. The summed E-state index contributed by atoms with van der Waals surface area (Å²) >= 11 is 0. The number of rotatable bonds is 6. The molecule has 0 aliphatic rings. The van der Waals surface area contributed by atoms with Crippen LogP contribution < -0.4 is 5.73 Å². The van der Waals surface area contributed by atoms with E-state index >= 15 is 0 Å². The molecule has 0 spiro atoms. The van der Waals surface area contributed by atoms with Crippen LogP contribution in [0, 0.1) is 0 Å². The molecular weight excluding hydrogens is 178 g/mol.